The number of nitrogens with zero attached hydrogens (tertiary/aromatic N) is 4. The second-order valence-corrected chi connectivity index (χ2v) is 9.50. The van der Waals surface area contributed by atoms with Crippen LogP contribution in [0.1, 0.15) is 43.1 Å². The normalized spacial score (nSPS) is 24.2. The minimum Gasteiger partial charge on any atom is -0.392 e. The SMILES string of the molecule is C[C@H](O)CN1C[C@H]2C(C#Cc3ccc(-c4cc([C@@H](CN)n5ccnc5[C@H](C)O)no4)cc3)[C@@H]2C1. The summed E-state index contributed by atoms with van der Waals surface area (Å²) in [5.41, 5.74) is 8.60. The zero-order valence-electron chi connectivity index (χ0n) is 19.5. The Morgan fingerprint density at radius 3 is 2.56 bits per heavy atom. The maximum absolute atomic E-state index is 9.97. The number of benzene rings is 1. The summed E-state index contributed by atoms with van der Waals surface area (Å²) in [6, 6.07) is 9.59. The van der Waals surface area contributed by atoms with Crippen LogP contribution in [0.4, 0.5) is 0 Å². The maximum Gasteiger partial charge on any atom is 0.167 e. The van der Waals surface area contributed by atoms with E-state index in [-0.39, 0.29) is 12.1 Å². The van der Waals surface area contributed by atoms with Gasteiger partial charge in [0.1, 0.15) is 17.6 Å². The molecule has 0 unspecified atom stereocenters. The molecule has 2 fully saturated rings. The van der Waals surface area contributed by atoms with Crippen LogP contribution in [0.25, 0.3) is 11.3 Å². The van der Waals surface area contributed by atoms with Crippen molar-refractivity contribution in [3.05, 3.63) is 59.8 Å². The Bertz CT molecular complexity index is 1170. The van der Waals surface area contributed by atoms with Gasteiger partial charge in [0.2, 0.25) is 0 Å². The van der Waals surface area contributed by atoms with Gasteiger partial charge in [0.15, 0.2) is 5.76 Å². The Kier molecular flexibility index (Phi) is 6.28. The molecule has 3 heterocycles. The van der Waals surface area contributed by atoms with E-state index in [1.165, 1.54) is 0 Å². The predicted octanol–water partition coefficient (Wildman–Crippen LogP) is 2.05. The van der Waals surface area contributed by atoms with Crippen molar-refractivity contribution < 1.29 is 14.7 Å². The first-order valence-electron chi connectivity index (χ1n) is 11.8. The highest BCUT2D eigenvalue weighted by Crippen LogP contribution is 2.51. The van der Waals surface area contributed by atoms with Crippen molar-refractivity contribution in [3.63, 3.8) is 0 Å². The monoisotopic (exact) mass is 461 g/mol. The molecule has 1 aromatic carbocycles. The third kappa shape index (κ3) is 4.52. The van der Waals surface area contributed by atoms with Gasteiger partial charge in [-0.25, -0.2) is 4.98 Å². The number of hydrogen-bond donors (Lipinski definition) is 3. The third-order valence-corrected chi connectivity index (χ3v) is 6.85. The summed E-state index contributed by atoms with van der Waals surface area (Å²) >= 11 is 0. The van der Waals surface area contributed by atoms with Crippen molar-refractivity contribution in [2.24, 2.45) is 23.5 Å². The lowest BCUT2D eigenvalue weighted by Gasteiger charge is -2.19. The van der Waals surface area contributed by atoms with Crippen LogP contribution in [0.2, 0.25) is 0 Å². The van der Waals surface area contributed by atoms with Gasteiger partial charge in [-0.3, -0.25) is 0 Å². The summed E-state index contributed by atoms with van der Waals surface area (Å²) in [6.07, 6.45) is 2.46. The highest BCUT2D eigenvalue weighted by Gasteiger charge is 2.54. The van der Waals surface area contributed by atoms with Gasteiger partial charge in [-0.05, 0) is 49.9 Å². The van der Waals surface area contributed by atoms with Crippen LogP contribution in [-0.4, -0.2) is 62.1 Å². The Morgan fingerprint density at radius 1 is 1.18 bits per heavy atom. The number of imidazole rings is 1. The second kappa shape index (κ2) is 9.35. The predicted molar refractivity (Wildman–Crippen MR) is 127 cm³/mol. The summed E-state index contributed by atoms with van der Waals surface area (Å²) in [5, 5.41) is 23.8. The van der Waals surface area contributed by atoms with Gasteiger partial charge in [-0.15, -0.1) is 0 Å². The van der Waals surface area contributed by atoms with Crippen molar-refractivity contribution in [3.8, 4) is 23.2 Å². The Morgan fingerprint density at radius 2 is 1.91 bits per heavy atom. The van der Waals surface area contributed by atoms with Gasteiger partial charge in [0.25, 0.3) is 0 Å². The lowest BCUT2D eigenvalue weighted by molar-refractivity contribution is 0.132. The zero-order chi connectivity index (χ0) is 23.8. The third-order valence-electron chi connectivity index (χ3n) is 6.85. The smallest absolute Gasteiger partial charge is 0.167 e. The Labute approximate surface area is 199 Å². The number of piperidine rings is 1. The molecule has 0 bridgehead atoms. The first kappa shape index (κ1) is 22.8. The molecule has 0 spiro atoms. The molecule has 5 atom stereocenters. The number of aliphatic hydroxyl groups excluding tert-OH is 2. The second-order valence-electron chi connectivity index (χ2n) is 9.50. The summed E-state index contributed by atoms with van der Waals surface area (Å²) in [6.45, 7) is 6.67. The molecule has 2 aliphatic rings. The number of β-amino-alcohol motifs (C(OH)–C–C–N with tert-alkyl or cyclic N) is 1. The standard InChI is InChI=1S/C26H31N5O3/c1-16(32)13-30-14-21-20(22(21)15-30)8-5-18-3-6-19(7-4-18)25-11-23(29-34-25)24(12-27)31-10-9-28-26(31)17(2)33/h3-4,6-7,9-11,16-17,20-22,24,32-33H,12-15,27H2,1-2H3/t16-,17-,21-,22-,24+/m0/s1. The van der Waals surface area contributed by atoms with E-state index in [2.05, 4.69) is 26.9 Å². The average Bonchev–Trinajstić information content (AvgIpc) is 3.31. The topological polar surface area (TPSA) is 114 Å². The maximum atomic E-state index is 9.97. The van der Waals surface area contributed by atoms with Crippen molar-refractivity contribution in [2.45, 2.75) is 32.1 Å². The van der Waals surface area contributed by atoms with E-state index in [1.54, 1.807) is 19.3 Å². The van der Waals surface area contributed by atoms with Gasteiger partial charge >= 0.3 is 0 Å². The first-order chi connectivity index (χ1) is 16.4. The molecule has 0 radical (unpaired) electrons. The van der Waals surface area contributed by atoms with E-state index < -0.39 is 6.10 Å². The number of fused-ring (bicyclic) bond motifs is 1. The van der Waals surface area contributed by atoms with Crippen molar-refractivity contribution >= 4 is 0 Å². The number of nitrogens with two attached hydrogens (primary N) is 1. The molecular weight excluding hydrogens is 430 g/mol. The molecule has 3 aromatic rings. The largest absolute Gasteiger partial charge is 0.392 e. The number of aromatic nitrogens is 3. The minimum absolute atomic E-state index is 0.269. The first-order valence-corrected chi connectivity index (χ1v) is 11.8. The van der Waals surface area contributed by atoms with Crippen LogP contribution in [0.15, 0.2) is 47.2 Å². The highest BCUT2D eigenvalue weighted by molar-refractivity contribution is 5.59. The van der Waals surface area contributed by atoms with E-state index in [4.69, 9.17) is 10.3 Å². The van der Waals surface area contributed by atoms with Gasteiger partial charge in [-0.2, -0.15) is 0 Å². The fraction of sp³-hybridized carbons (Fsp3) is 0.462. The molecule has 1 aliphatic carbocycles. The molecule has 5 rings (SSSR count). The van der Waals surface area contributed by atoms with E-state index in [9.17, 15) is 10.2 Å². The van der Waals surface area contributed by atoms with E-state index in [0.29, 0.717) is 41.6 Å². The average molecular weight is 462 g/mol. The quantitative estimate of drug-likeness (QED) is 0.462. The molecule has 1 aliphatic heterocycles. The molecule has 0 amide bonds. The van der Waals surface area contributed by atoms with Crippen LogP contribution < -0.4 is 5.73 Å². The molecule has 4 N–H and O–H groups in total. The van der Waals surface area contributed by atoms with Crippen LogP contribution in [0.3, 0.4) is 0 Å². The summed E-state index contributed by atoms with van der Waals surface area (Å²) in [4.78, 5) is 6.57. The van der Waals surface area contributed by atoms with Crippen molar-refractivity contribution in [1.82, 2.24) is 19.6 Å². The molecule has 8 nitrogen and oxygen atoms in total. The molecular formula is C26H31N5O3. The lowest BCUT2D eigenvalue weighted by Crippen LogP contribution is -2.31. The van der Waals surface area contributed by atoms with Gasteiger partial charge in [0, 0.05) is 61.7 Å². The Hall–Kier alpha value is -2.96. The molecule has 178 valence electrons. The summed E-state index contributed by atoms with van der Waals surface area (Å²) in [5.74, 6) is 9.74. The van der Waals surface area contributed by atoms with Gasteiger partial charge in [-0.1, -0.05) is 17.0 Å². The molecule has 8 heteroatoms. The molecule has 1 saturated carbocycles. The van der Waals surface area contributed by atoms with Crippen LogP contribution >= 0.6 is 0 Å². The molecule has 2 aromatic heterocycles. The highest BCUT2D eigenvalue weighted by atomic mass is 16.5. The number of hydrogen-bond acceptors (Lipinski definition) is 7. The van der Waals surface area contributed by atoms with Crippen molar-refractivity contribution in [2.75, 3.05) is 26.2 Å². The fourth-order valence-electron chi connectivity index (χ4n) is 5.11. The van der Waals surface area contributed by atoms with Crippen LogP contribution in [0.5, 0.6) is 0 Å². The summed E-state index contributed by atoms with van der Waals surface area (Å²) in [7, 11) is 0. The van der Waals surface area contributed by atoms with E-state index in [1.807, 2.05) is 41.8 Å². The Balaban J connectivity index is 1.24. The van der Waals surface area contributed by atoms with E-state index >= 15 is 0 Å². The summed E-state index contributed by atoms with van der Waals surface area (Å²) < 4.78 is 7.44. The van der Waals surface area contributed by atoms with Gasteiger partial charge in [0.05, 0.1) is 12.1 Å². The van der Waals surface area contributed by atoms with Gasteiger partial charge < -0.3 is 29.9 Å². The van der Waals surface area contributed by atoms with E-state index in [0.717, 1.165) is 30.8 Å². The zero-order valence-corrected chi connectivity index (χ0v) is 19.5. The van der Waals surface area contributed by atoms with Crippen LogP contribution in [0, 0.1) is 29.6 Å². The fourth-order valence-corrected chi connectivity index (χ4v) is 5.11. The number of likely N-dealkylation sites (tertiary alicyclic amines) is 1. The van der Waals surface area contributed by atoms with Crippen molar-refractivity contribution in [1.29, 1.82) is 0 Å². The number of aliphatic hydroxyl groups is 2. The lowest BCUT2D eigenvalue weighted by atomic mass is 10.1. The molecule has 34 heavy (non-hydrogen) atoms. The number of rotatable bonds is 7. The minimum atomic E-state index is -0.706. The van der Waals surface area contributed by atoms with Crippen LogP contribution in [-0.2, 0) is 0 Å². The molecule has 1 saturated heterocycles.